The predicted molar refractivity (Wildman–Crippen MR) is 94.1 cm³/mol. The number of halogens is 1. The number of thiophene rings is 1. The van der Waals surface area contributed by atoms with E-state index in [2.05, 4.69) is 10.6 Å². The molecule has 8 heteroatoms. The van der Waals surface area contributed by atoms with Gasteiger partial charge in [0, 0.05) is 10.6 Å². The number of carbonyl (C=O) groups is 2. The molecular weight excluding hydrogens is 359 g/mol. The molecule has 1 aromatic carbocycles. The second-order valence-electron chi connectivity index (χ2n) is 5.46. The van der Waals surface area contributed by atoms with Gasteiger partial charge in [0.05, 0.1) is 12.8 Å². The van der Waals surface area contributed by atoms with E-state index in [4.69, 9.17) is 4.42 Å². The van der Waals surface area contributed by atoms with Crippen molar-refractivity contribution in [2.75, 3.05) is 11.9 Å². The molecule has 2 heterocycles. The SMILES string of the molecule is O=C(NCC(O)(c1ccco1)c1cccs1)C(=O)Nc1cccc(F)c1. The van der Waals surface area contributed by atoms with E-state index < -0.39 is 23.2 Å². The lowest BCUT2D eigenvalue weighted by atomic mass is 9.98. The van der Waals surface area contributed by atoms with Crippen LogP contribution in [0.15, 0.2) is 64.6 Å². The number of rotatable bonds is 5. The maximum absolute atomic E-state index is 13.1. The van der Waals surface area contributed by atoms with Crippen LogP contribution in [0.3, 0.4) is 0 Å². The van der Waals surface area contributed by atoms with Crippen LogP contribution in [0.5, 0.6) is 0 Å². The minimum atomic E-state index is -1.60. The van der Waals surface area contributed by atoms with Crippen molar-refractivity contribution in [1.29, 1.82) is 0 Å². The molecular formula is C18H15FN2O4S. The zero-order chi connectivity index (χ0) is 18.6. The van der Waals surface area contributed by atoms with Gasteiger partial charge in [-0.05, 0) is 41.8 Å². The number of hydrogen-bond donors (Lipinski definition) is 3. The van der Waals surface area contributed by atoms with Crippen LogP contribution >= 0.6 is 11.3 Å². The third-order valence-electron chi connectivity index (χ3n) is 3.65. The zero-order valence-corrected chi connectivity index (χ0v) is 14.3. The van der Waals surface area contributed by atoms with Crippen molar-refractivity contribution in [2.45, 2.75) is 5.60 Å². The number of amides is 2. The largest absolute Gasteiger partial charge is 0.466 e. The van der Waals surface area contributed by atoms with Crippen LogP contribution in [0.25, 0.3) is 0 Å². The first-order valence-corrected chi connectivity index (χ1v) is 8.52. The first kappa shape index (κ1) is 17.8. The Labute approximate surface area is 152 Å². The summed E-state index contributed by atoms with van der Waals surface area (Å²) in [5, 5.41) is 17.5. The fraction of sp³-hybridized carbons (Fsp3) is 0.111. The van der Waals surface area contributed by atoms with Crippen molar-refractivity contribution in [3.63, 3.8) is 0 Å². The molecule has 0 bridgehead atoms. The summed E-state index contributed by atoms with van der Waals surface area (Å²) in [6, 6.07) is 11.8. The summed E-state index contributed by atoms with van der Waals surface area (Å²) >= 11 is 1.29. The van der Waals surface area contributed by atoms with Gasteiger partial charge in [-0.15, -0.1) is 11.3 Å². The van der Waals surface area contributed by atoms with E-state index in [0.717, 1.165) is 6.07 Å². The number of nitrogens with one attached hydrogen (secondary N) is 2. The Morgan fingerprint density at radius 1 is 1.15 bits per heavy atom. The highest BCUT2D eigenvalue weighted by molar-refractivity contribution is 7.10. The normalized spacial score (nSPS) is 13.0. The fourth-order valence-corrected chi connectivity index (χ4v) is 3.19. The van der Waals surface area contributed by atoms with Crippen LogP contribution in [0.1, 0.15) is 10.6 Å². The summed E-state index contributed by atoms with van der Waals surface area (Å²) < 4.78 is 18.4. The van der Waals surface area contributed by atoms with E-state index in [-0.39, 0.29) is 18.0 Å². The molecule has 26 heavy (non-hydrogen) atoms. The van der Waals surface area contributed by atoms with E-state index in [9.17, 15) is 19.1 Å². The van der Waals surface area contributed by atoms with Gasteiger partial charge in [0.1, 0.15) is 11.6 Å². The van der Waals surface area contributed by atoms with Gasteiger partial charge in [0.25, 0.3) is 0 Å². The van der Waals surface area contributed by atoms with Gasteiger partial charge in [-0.25, -0.2) is 4.39 Å². The fourth-order valence-electron chi connectivity index (χ4n) is 2.37. The highest BCUT2D eigenvalue weighted by Gasteiger charge is 2.36. The number of benzene rings is 1. The molecule has 0 aliphatic rings. The molecule has 1 unspecified atom stereocenters. The van der Waals surface area contributed by atoms with Gasteiger partial charge in [-0.3, -0.25) is 9.59 Å². The number of aliphatic hydroxyl groups is 1. The molecule has 134 valence electrons. The van der Waals surface area contributed by atoms with Gasteiger partial charge >= 0.3 is 11.8 Å². The van der Waals surface area contributed by atoms with E-state index >= 15 is 0 Å². The minimum absolute atomic E-state index is 0.157. The third-order valence-corrected chi connectivity index (χ3v) is 4.67. The van der Waals surface area contributed by atoms with Crippen molar-refractivity contribution in [3.05, 3.63) is 76.6 Å². The number of furan rings is 1. The van der Waals surface area contributed by atoms with Crippen molar-refractivity contribution in [2.24, 2.45) is 0 Å². The van der Waals surface area contributed by atoms with E-state index in [1.807, 2.05) is 0 Å². The molecule has 0 saturated heterocycles. The zero-order valence-electron chi connectivity index (χ0n) is 13.4. The number of carbonyl (C=O) groups excluding carboxylic acids is 2. The molecule has 1 atom stereocenters. The topological polar surface area (TPSA) is 91.6 Å². The summed E-state index contributed by atoms with van der Waals surface area (Å²) in [6.45, 7) is -0.267. The van der Waals surface area contributed by atoms with Crippen LogP contribution in [-0.4, -0.2) is 23.5 Å². The smallest absolute Gasteiger partial charge is 0.313 e. The molecule has 2 amide bonds. The monoisotopic (exact) mass is 374 g/mol. The summed E-state index contributed by atoms with van der Waals surface area (Å²) in [5.41, 5.74) is -1.45. The summed E-state index contributed by atoms with van der Waals surface area (Å²) in [4.78, 5) is 24.6. The average molecular weight is 374 g/mol. The quantitative estimate of drug-likeness (QED) is 0.599. The molecule has 3 N–H and O–H groups in total. The lowest BCUT2D eigenvalue weighted by Crippen LogP contribution is -2.44. The van der Waals surface area contributed by atoms with Gasteiger partial charge in [-0.1, -0.05) is 12.1 Å². The Balaban J connectivity index is 1.69. The molecule has 3 rings (SSSR count). The predicted octanol–water partition coefficient (Wildman–Crippen LogP) is 2.47. The lowest BCUT2D eigenvalue weighted by molar-refractivity contribution is -0.136. The molecule has 0 aliphatic heterocycles. The molecule has 0 spiro atoms. The first-order chi connectivity index (χ1) is 12.5. The summed E-state index contributed by atoms with van der Waals surface area (Å²) in [7, 11) is 0. The average Bonchev–Trinajstić information content (AvgIpc) is 3.33. The molecule has 0 aliphatic carbocycles. The Bertz CT molecular complexity index is 860. The summed E-state index contributed by atoms with van der Waals surface area (Å²) in [5.74, 6) is -2.22. The highest BCUT2D eigenvalue weighted by Crippen LogP contribution is 2.32. The Hall–Kier alpha value is -2.97. The molecule has 6 nitrogen and oxygen atoms in total. The standard InChI is InChI=1S/C18H15FN2O4S/c19-12-4-1-5-13(10-12)21-17(23)16(22)20-11-18(24,14-6-2-8-25-14)15-7-3-9-26-15/h1-10,24H,11H2,(H,20,22)(H,21,23). The molecule has 3 aromatic rings. The van der Waals surface area contributed by atoms with Gasteiger partial charge in [0.2, 0.25) is 0 Å². The van der Waals surface area contributed by atoms with Crippen molar-refractivity contribution < 1.29 is 23.5 Å². The molecule has 0 saturated carbocycles. The van der Waals surface area contributed by atoms with Gasteiger partial charge < -0.3 is 20.2 Å². The van der Waals surface area contributed by atoms with Crippen LogP contribution in [0, 0.1) is 5.82 Å². The second kappa shape index (κ2) is 7.51. The van der Waals surface area contributed by atoms with E-state index in [1.165, 1.54) is 35.8 Å². The maximum Gasteiger partial charge on any atom is 0.313 e. The number of anilines is 1. The first-order valence-electron chi connectivity index (χ1n) is 7.64. The third kappa shape index (κ3) is 3.81. The van der Waals surface area contributed by atoms with Crippen LogP contribution in [0.2, 0.25) is 0 Å². The maximum atomic E-state index is 13.1. The molecule has 2 aromatic heterocycles. The number of hydrogen-bond acceptors (Lipinski definition) is 5. The summed E-state index contributed by atoms with van der Waals surface area (Å²) in [6.07, 6.45) is 1.41. The van der Waals surface area contributed by atoms with Crippen LogP contribution in [-0.2, 0) is 15.2 Å². The van der Waals surface area contributed by atoms with Gasteiger partial charge in [0.15, 0.2) is 5.60 Å². The van der Waals surface area contributed by atoms with E-state index in [1.54, 1.807) is 29.6 Å². The molecule has 0 fully saturated rings. The van der Waals surface area contributed by atoms with Gasteiger partial charge in [-0.2, -0.15) is 0 Å². The van der Waals surface area contributed by atoms with Crippen molar-refractivity contribution >= 4 is 28.8 Å². The van der Waals surface area contributed by atoms with Crippen LogP contribution in [0.4, 0.5) is 10.1 Å². The Morgan fingerprint density at radius 2 is 2.00 bits per heavy atom. The highest BCUT2D eigenvalue weighted by atomic mass is 32.1. The Morgan fingerprint density at radius 3 is 2.65 bits per heavy atom. The van der Waals surface area contributed by atoms with Crippen LogP contribution < -0.4 is 10.6 Å². The Kier molecular flexibility index (Phi) is 5.15. The minimum Gasteiger partial charge on any atom is -0.466 e. The molecule has 0 radical (unpaired) electrons. The second-order valence-corrected chi connectivity index (χ2v) is 6.41. The van der Waals surface area contributed by atoms with Crippen molar-refractivity contribution in [3.8, 4) is 0 Å². The van der Waals surface area contributed by atoms with E-state index in [0.29, 0.717) is 4.88 Å². The lowest BCUT2D eigenvalue weighted by Gasteiger charge is -2.25. The van der Waals surface area contributed by atoms with Crippen molar-refractivity contribution in [1.82, 2.24) is 5.32 Å².